The number of ether oxygens (including phenoxy) is 1. The van der Waals surface area contributed by atoms with Gasteiger partial charge in [0, 0.05) is 11.3 Å². The van der Waals surface area contributed by atoms with E-state index in [1.54, 1.807) is 7.11 Å². The number of hydrogen-bond acceptors (Lipinski definition) is 4. The van der Waals surface area contributed by atoms with Crippen molar-refractivity contribution in [2.24, 2.45) is 0 Å². The molecule has 0 bridgehead atoms. The molecule has 1 heterocycles. The number of rotatable bonds is 2. The molecule has 2 aromatic rings. The van der Waals surface area contributed by atoms with Crippen molar-refractivity contribution >= 4 is 16.9 Å². The van der Waals surface area contributed by atoms with Crippen molar-refractivity contribution in [3.05, 3.63) is 23.9 Å². The van der Waals surface area contributed by atoms with E-state index in [0.717, 1.165) is 22.3 Å². The van der Waals surface area contributed by atoms with Crippen LogP contribution >= 0.6 is 0 Å². The molecule has 0 amide bonds. The lowest BCUT2D eigenvalue weighted by atomic mass is 10.1. The molecule has 0 unspecified atom stereocenters. The Bertz CT molecular complexity index is 549. The third kappa shape index (κ3) is 1.38. The molecule has 1 aliphatic carbocycles. The van der Waals surface area contributed by atoms with Gasteiger partial charge in [0.05, 0.1) is 12.8 Å². The summed E-state index contributed by atoms with van der Waals surface area (Å²) >= 11 is 0. The Morgan fingerprint density at radius 3 is 2.81 bits per heavy atom. The van der Waals surface area contributed by atoms with E-state index in [4.69, 9.17) is 10.5 Å². The Morgan fingerprint density at radius 2 is 2.12 bits per heavy atom. The maximum Gasteiger partial charge on any atom is 0.220 e. The van der Waals surface area contributed by atoms with E-state index >= 15 is 0 Å². The number of hydrogen-bond donors (Lipinski definition) is 1. The van der Waals surface area contributed by atoms with Crippen molar-refractivity contribution in [3.8, 4) is 5.75 Å². The van der Waals surface area contributed by atoms with Gasteiger partial charge in [0.15, 0.2) is 0 Å². The third-order valence-electron chi connectivity index (χ3n) is 2.92. The van der Waals surface area contributed by atoms with Gasteiger partial charge in [-0.25, -0.2) is 9.97 Å². The van der Waals surface area contributed by atoms with Gasteiger partial charge in [-0.3, -0.25) is 0 Å². The Labute approximate surface area is 93.5 Å². The Hall–Kier alpha value is -1.84. The summed E-state index contributed by atoms with van der Waals surface area (Å²) in [6.07, 6.45) is 2.39. The maximum atomic E-state index is 5.74. The lowest BCUT2D eigenvalue weighted by Crippen LogP contribution is -2.01. The van der Waals surface area contributed by atoms with Crippen LogP contribution in [0.4, 0.5) is 5.95 Å². The standard InChI is InChI=1S/C12H13N3O/c1-16-9-4-2-3-8-10(7-5-6-7)14-12(13)15-11(8)9/h2-4,7H,5-6H2,1H3,(H2,13,14,15). The Kier molecular flexibility index (Phi) is 1.96. The van der Waals surface area contributed by atoms with E-state index < -0.39 is 0 Å². The molecule has 1 aromatic heterocycles. The number of aromatic nitrogens is 2. The first-order valence-corrected chi connectivity index (χ1v) is 5.39. The number of methoxy groups -OCH3 is 1. The van der Waals surface area contributed by atoms with Gasteiger partial charge < -0.3 is 10.5 Å². The van der Waals surface area contributed by atoms with E-state index in [-0.39, 0.29) is 0 Å². The number of nitrogen functional groups attached to an aromatic ring is 1. The van der Waals surface area contributed by atoms with Crippen molar-refractivity contribution < 1.29 is 4.74 Å². The predicted octanol–water partition coefficient (Wildman–Crippen LogP) is 2.10. The van der Waals surface area contributed by atoms with Crippen molar-refractivity contribution in [1.82, 2.24) is 9.97 Å². The minimum absolute atomic E-state index is 0.332. The van der Waals surface area contributed by atoms with Crippen LogP contribution in [0, 0.1) is 0 Å². The molecule has 2 N–H and O–H groups in total. The van der Waals surface area contributed by atoms with Crippen LogP contribution in [-0.4, -0.2) is 17.1 Å². The Balaban J connectivity index is 2.33. The van der Waals surface area contributed by atoms with Gasteiger partial charge in [-0.15, -0.1) is 0 Å². The molecule has 1 aliphatic rings. The molecule has 1 aromatic carbocycles. The average Bonchev–Trinajstić information content (AvgIpc) is 3.11. The summed E-state index contributed by atoms with van der Waals surface area (Å²) < 4.78 is 5.29. The first kappa shape index (κ1) is 9.39. The summed E-state index contributed by atoms with van der Waals surface area (Å²) in [7, 11) is 1.64. The van der Waals surface area contributed by atoms with Crippen LogP contribution in [0.15, 0.2) is 18.2 Å². The molecular weight excluding hydrogens is 202 g/mol. The fraction of sp³-hybridized carbons (Fsp3) is 0.333. The molecular formula is C12H13N3O. The molecule has 82 valence electrons. The molecule has 4 heteroatoms. The molecule has 0 aliphatic heterocycles. The second kappa shape index (κ2) is 3.33. The second-order valence-electron chi connectivity index (χ2n) is 4.10. The first-order valence-electron chi connectivity index (χ1n) is 5.39. The molecule has 0 spiro atoms. The smallest absolute Gasteiger partial charge is 0.220 e. The van der Waals surface area contributed by atoms with Gasteiger partial charge in [-0.05, 0) is 18.9 Å². The van der Waals surface area contributed by atoms with Gasteiger partial charge in [-0.2, -0.15) is 0 Å². The molecule has 0 saturated heterocycles. The highest BCUT2D eigenvalue weighted by Crippen LogP contribution is 2.42. The van der Waals surface area contributed by atoms with Gasteiger partial charge in [-0.1, -0.05) is 12.1 Å². The number of nitrogens with zero attached hydrogens (tertiary/aromatic N) is 2. The van der Waals surface area contributed by atoms with Gasteiger partial charge in [0.25, 0.3) is 0 Å². The van der Waals surface area contributed by atoms with E-state index in [9.17, 15) is 0 Å². The number of nitrogens with two attached hydrogens (primary N) is 1. The maximum absolute atomic E-state index is 5.74. The van der Waals surface area contributed by atoms with Gasteiger partial charge in [0.1, 0.15) is 11.3 Å². The van der Waals surface area contributed by atoms with E-state index in [0.29, 0.717) is 11.9 Å². The van der Waals surface area contributed by atoms with Crippen LogP contribution < -0.4 is 10.5 Å². The zero-order valence-corrected chi connectivity index (χ0v) is 9.10. The minimum atomic E-state index is 0.332. The lowest BCUT2D eigenvalue weighted by molar-refractivity contribution is 0.419. The molecule has 0 radical (unpaired) electrons. The van der Waals surface area contributed by atoms with Crippen LogP contribution in [-0.2, 0) is 0 Å². The van der Waals surface area contributed by atoms with E-state index in [1.807, 2.05) is 18.2 Å². The quantitative estimate of drug-likeness (QED) is 0.833. The van der Waals surface area contributed by atoms with Crippen LogP contribution in [0.2, 0.25) is 0 Å². The second-order valence-corrected chi connectivity index (χ2v) is 4.10. The zero-order chi connectivity index (χ0) is 11.1. The predicted molar refractivity (Wildman–Crippen MR) is 62.5 cm³/mol. The molecule has 16 heavy (non-hydrogen) atoms. The van der Waals surface area contributed by atoms with Crippen molar-refractivity contribution in [2.45, 2.75) is 18.8 Å². The number of fused-ring (bicyclic) bond motifs is 1. The fourth-order valence-electron chi connectivity index (χ4n) is 2.00. The topological polar surface area (TPSA) is 61.0 Å². The van der Waals surface area contributed by atoms with Gasteiger partial charge >= 0.3 is 0 Å². The Morgan fingerprint density at radius 1 is 1.31 bits per heavy atom. The van der Waals surface area contributed by atoms with Crippen LogP contribution in [0.5, 0.6) is 5.75 Å². The highest BCUT2D eigenvalue weighted by Gasteiger charge is 2.28. The van der Waals surface area contributed by atoms with Crippen LogP contribution in [0.3, 0.4) is 0 Å². The normalized spacial score (nSPS) is 15.3. The van der Waals surface area contributed by atoms with Crippen LogP contribution in [0.25, 0.3) is 10.9 Å². The third-order valence-corrected chi connectivity index (χ3v) is 2.92. The minimum Gasteiger partial charge on any atom is -0.494 e. The number of anilines is 1. The fourth-order valence-corrected chi connectivity index (χ4v) is 2.00. The molecule has 4 nitrogen and oxygen atoms in total. The molecule has 1 fully saturated rings. The summed E-state index contributed by atoms with van der Waals surface area (Å²) in [5, 5.41) is 1.07. The summed E-state index contributed by atoms with van der Waals surface area (Å²) in [6.45, 7) is 0. The monoisotopic (exact) mass is 215 g/mol. The van der Waals surface area contributed by atoms with Crippen molar-refractivity contribution in [2.75, 3.05) is 12.8 Å². The molecule has 3 rings (SSSR count). The summed E-state index contributed by atoms with van der Waals surface area (Å²) in [4.78, 5) is 8.61. The SMILES string of the molecule is COc1cccc2c(C3CC3)nc(N)nc12. The largest absolute Gasteiger partial charge is 0.494 e. The van der Waals surface area contributed by atoms with Crippen LogP contribution in [0.1, 0.15) is 24.5 Å². The summed E-state index contributed by atoms with van der Waals surface area (Å²) in [5.41, 5.74) is 7.63. The van der Waals surface area contributed by atoms with E-state index in [1.165, 1.54) is 12.8 Å². The zero-order valence-electron chi connectivity index (χ0n) is 9.10. The summed E-state index contributed by atoms with van der Waals surface area (Å²) in [5.74, 6) is 1.65. The van der Waals surface area contributed by atoms with Gasteiger partial charge in [0.2, 0.25) is 5.95 Å². The first-order chi connectivity index (χ1) is 7.79. The highest BCUT2D eigenvalue weighted by molar-refractivity contribution is 5.87. The highest BCUT2D eigenvalue weighted by atomic mass is 16.5. The van der Waals surface area contributed by atoms with Crippen molar-refractivity contribution in [1.29, 1.82) is 0 Å². The molecule has 1 saturated carbocycles. The lowest BCUT2D eigenvalue weighted by Gasteiger charge is -2.08. The van der Waals surface area contributed by atoms with Crippen molar-refractivity contribution in [3.63, 3.8) is 0 Å². The summed E-state index contributed by atoms with van der Waals surface area (Å²) in [6, 6.07) is 5.89. The number of benzene rings is 1. The van der Waals surface area contributed by atoms with E-state index in [2.05, 4.69) is 9.97 Å². The average molecular weight is 215 g/mol. The number of para-hydroxylation sites is 1. The molecule has 0 atom stereocenters.